The Morgan fingerprint density at radius 2 is 1.90 bits per heavy atom. The first-order valence-electron chi connectivity index (χ1n) is 6.56. The minimum absolute atomic E-state index is 0.141. The van der Waals surface area contributed by atoms with Gasteiger partial charge in [-0.3, -0.25) is 0 Å². The summed E-state index contributed by atoms with van der Waals surface area (Å²) in [6.45, 7) is 0. The van der Waals surface area contributed by atoms with E-state index >= 15 is 0 Å². The van der Waals surface area contributed by atoms with Crippen LogP contribution in [0.15, 0.2) is 17.0 Å². The summed E-state index contributed by atoms with van der Waals surface area (Å²) in [5, 5.41) is 8.75. The third-order valence-corrected chi connectivity index (χ3v) is 5.19. The molecule has 0 aliphatic heterocycles. The van der Waals surface area contributed by atoms with Gasteiger partial charge in [0.2, 0.25) is 10.0 Å². The number of nitrogens with one attached hydrogen (secondary N) is 1. The zero-order chi connectivity index (χ0) is 15.6. The van der Waals surface area contributed by atoms with Crippen molar-refractivity contribution in [3.63, 3.8) is 0 Å². The van der Waals surface area contributed by atoms with E-state index in [1.165, 1.54) is 0 Å². The molecule has 1 aliphatic rings. The Morgan fingerprint density at radius 1 is 1.29 bits per heavy atom. The molecule has 2 rings (SSSR count). The second-order valence-electron chi connectivity index (χ2n) is 5.03. The lowest BCUT2D eigenvalue weighted by Gasteiger charge is -2.22. The van der Waals surface area contributed by atoms with Gasteiger partial charge in [0.15, 0.2) is 5.82 Å². The van der Waals surface area contributed by atoms with Crippen molar-refractivity contribution in [2.24, 2.45) is 0 Å². The molecule has 0 saturated heterocycles. The number of benzene rings is 1. The zero-order valence-electron chi connectivity index (χ0n) is 11.1. The van der Waals surface area contributed by atoms with Gasteiger partial charge in [-0.05, 0) is 25.0 Å². The average Bonchev–Trinajstić information content (AvgIpc) is 2.41. The summed E-state index contributed by atoms with van der Waals surface area (Å²) in [6.07, 6.45) is 4.24. The van der Waals surface area contributed by atoms with Crippen LogP contribution in [0.5, 0.6) is 0 Å². The van der Waals surface area contributed by atoms with Crippen molar-refractivity contribution < 1.29 is 22.7 Å². The van der Waals surface area contributed by atoms with Gasteiger partial charge in [-0.25, -0.2) is 22.3 Å². The van der Waals surface area contributed by atoms with Gasteiger partial charge in [0, 0.05) is 11.1 Å². The van der Waals surface area contributed by atoms with Crippen LogP contribution < -0.4 is 4.72 Å². The first kappa shape index (κ1) is 16.2. The maximum Gasteiger partial charge on any atom is 0.338 e. The Balaban J connectivity index is 2.37. The molecule has 0 heterocycles. The molecule has 2 N–H and O–H groups in total. The molecule has 1 saturated carbocycles. The predicted octanol–water partition coefficient (Wildman–Crippen LogP) is 2.79. The smallest absolute Gasteiger partial charge is 0.338 e. The molecule has 1 aromatic rings. The topological polar surface area (TPSA) is 83.5 Å². The van der Waals surface area contributed by atoms with E-state index in [0.29, 0.717) is 12.8 Å². The number of aromatic carboxylic acids is 1. The fourth-order valence-electron chi connectivity index (χ4n) is 2.42. The first-order chi connectivity index (χ1) is 9.81. The van der Waals surface area contributed by atoms with Gasteiger partial charge in [0.25, 0.3) is 0 Å². The molecule has 0 spiro atoms. The zero-order valence-corrected chi connectivity index (χ0v) is 12.7. The van der Waals surface area contributed by atoms with E-state index in [0.717, 1.165) is 31.4 Å². The van der Waals surface area contributed by atoms with Crippen molar-refractivity contribution in [2.75, 3.05) is 0 Å². The molecule has 21 heavy (non-hydrogen) atoms. The molecule has 5 nitrogen and oxygen atoms in total. The van der Waals surface area contributed by atoms with Crippen molar-refractivity contribution >= 4 is 27.6 Å². The fourth-order valence-corrected chi connectivity index (χ4v) is 4.13. The van der Waals surface area contributed by atoms with E-state index in [4.69, 9.17) is 16.7 Å². The molecule has 0 atom stereocenters. The Bertz CT molecular complexity index is 656. The number of halogens is 2. The van der Waals surface area contributed by atoms with Gasteiger partial charge >= 0.3 is 5.97 Å². The molecular formula is C13H15ClFNO4S. The summed E-state index contributed by atoms with van der Waals surface area (Å²) in [4.78, 5) is 10.2. The Labute approximate surface area is 127 Å². The fraction of sp³-hybridized carbons (Fsp3) is 0.462. The molecule has 8 heteroatoms. The summed E-state index contributed by atoms with van der Waals surface area (Å²) in [5.74, 6) is -2.86. The van der Waals surface area contributed by atoms with Crippen LogP contribution in [0.1, 0.15) is 42.5 Å². The highest BCUT2D eigenvalue weighted by Gasteiger charge is 2.28. The van der Waals surface area contributed by atoms with Gasteiger partial charge in [0.1, 0.15) is 4.90 Å². The average molecular weight is 336 g/mol. The molecule has 1 fully saturated rings. The summed E-state index contributed by atoms with van der Waals surface area (Å²) < 4.78 is 41.0. The summed E-state index contributed by atoms with van der Waals surface area (Å²) in [5.41, 5.74) is -0.758. The summed E-state index contributed by atoms with van der Waals surface area (Å²) in [7, 11) is -4.14. The van der Waals surface area contributed by atoms with Crippen LogP contribution in [0.3, 0.4) is 0 Å². The molecule has 0 radical (unpaired) electrons. The lowest BCUT2D eigenvalue weighted by Crippen LogP contribution is -2.36. The number of rotatable bonds is 4. The first-order valence-corrected chi connectivity index (χ1v) is 8.42. The number of hydrogen-bond acceptors (Lipinski definition) is 3. The van der Waals surface area contributed by atoms with Gasteiger partial charge < -0.3 is 5.11 Å². The standard InChI is InChI=1S/C13H15ClFNO4S/c14-8-6-10(13(17)18)12(15)11(7-8)21(19,20)16-9-4-2-1-3-5-9/h6-7,9,16H,1-5H2,(H,17,18). The predicted molar refractivity (Wildman–Crippen MR) is 75.6 cm³/mol. The third kappa shape index (κ3) is 3.72. The van der Waals surface area contributed by atoms with Crippen molar-refractivity contribution in [3.05, 3.63) is 28.5 Å². The van der Waals surface area contributed by atoms with Crippen LogP contribution in [0.25, 0.3) is 0 Å². The minimum atomic E-state index is -4.14. The van der Waals surface area contributed by atoms with Gasteiger partial charge in [0.05, 0.1) is 5.56 Å². The maximum atomic E-state index is 14.1. The van der Waals surface area contributed by atoms with Gasteiger partial charge in [-0.15, -0.1) is 0 Å². The Kier molecular flexibility index (Phi) is 4.85. The summed E-state index contributed by atoms with van der Waals surface area (Å²) in [6, 6.07) is 1.56. The lowest BCUT2D eigenvalue weighted by molar-refractivity contribution is 0.0691. The molecule has 0 bridgehead atoms. The van der Waals surface area contributed by atoms with Gasteiger partial charge in [-0.2, -0.15) is 0 Å². The molecule has 0 unspecified atom stereocenters. The van der Waals surface area contributed by atoms with E-state index in [9.17, 15) is 17.6 Å². The number of carboxylic acids is 1. The second kappa shape index (κ2) is 6.29. The van der Waals surface area contributed by atoms with E-state index in [1.807, 2.05) is 0 Å². The third-order valence-electron chi connectivity index (χ3n) is 3.45. The van der Waals surface area contributed by atoms with Crippen LogP contribution in [0.2, 0.25) is 5.02 Å². The minimum Gasteiger partial charge on any atom is -0.478 e. The number of carbonyl (C=O) groups is 1. The summed E-state index contributed by atoms with van der Waals surface area (Å²) >= 11 is 5.69. The lowest BCUT2D eigenvalue weighted by atomic mass is 9.96. The maximum absolute atomic E-state index is 14.1. The molecular weight excluding hydrogens is 321 g/mol. The Hall–Kier alpha value is -1.18. The normalized spacial score (nSPS) is 16.9. The van der Waals surface area contributed by atoms with E-state index in [2.05, 4.69) is 4.72 Å². The van der Waals surface area contributed by atoms with Crippen molar-refractivity contribution in [1.29, 1.82) is 0 Å². The van der Waals surface area contributed by atoms with Crippen LogP contribution in [-0.2, 0) is 10.0 Å². The molecule has 116 valence electrons. The van der Waals surface area contributed by atoms with Crippen LogP contribution in [-0.4, -0.2) is 25.5 Å². The van der Waals surface area contributed by atoms with E-state index in [1.54, 1.807) is 0 Å². The molecule has 0 aromatic heterocycles. The van der Waals surface area contributed by atoms with Crippen molar-refractivity contribution in [1.82, 2.24) is 4.72 Å². The highest BCUT2D eigenvalue weighted by Crippen LogP contribution is 2.25. The Morgan fingerprint density at radius 3 is 2.48 bits per heavy atom. The van der Waals surface area contributed by atoms with Crippen LogP contribution in [0.4, 0.5) is 4.39 Å². The van der Waals surface area contributed by atoms with Crippen LogP contribution in [0, 0.1) is 5.82 Å². The van der Waals surface area contributed by atoms with Gasteiger partial charge in [-0.1, -0.05) is 30.9 Å². The van der Waals surface area contributed by atoms with E-state index < -0.39 is 32.3 Å². The van der Waals surface area contributed by atoms with Crippen molar-refractivity contribution in [2.45, 2.75) is 43.0 Å². The monoisotopic (exact) mass is 335 g/mol. The molecule has 1 aromatic carbocycles. The highest BCUT2D eigenvalue weighted by molar-refractivity contribution is 7.89. The highest BCUT2D eigenvalue weighted by atomic mass is 35.5. The van der Waals surface area contributed by atoms with Crippen LogP contribution >= 0.6 is 11.6 Å². The quantitative estimate of drug-likeness (QED) is 0.886. The largest absolute Gasteiger partial charge is 0.478 e. The number of hydrogen-bond donors (Lipinski definition) is 2. The molecule has 1 aliphatic carbocycles. The van der Waals surface area contributed by atoms with E-state index in [-0.39, 0.29) is 11.1 Å². The van der Waals surface area contributed by atoms with Crippen molar-refractivity contribution in [3.8, 4) is 0 Å². The second-order valence-corrected chi connectivity index (χ2v) is 7.15. The SMILES string of the molecule is O=C(O)c1cc(Cl)cc(S(=O)(=O)NC2CCCCC2)c1F. The number of sulfonamides is 1. The molecule has 0 amide bonds. The number of carboxylic acid groups (broad SMARTS) is 1.